The molecule has 1 N–H and O–H groups in total. The molecule has 0 saturated carbocycles. The number of carbonyl (C=O) groups excluding carboxylic acids is 1. The maximum atomic E-state index is 12.1. The number of rotatable bonds is 3. The van der Waals surface area contributed by atoms with E-state index in [2.05, 4.69) is 5.10 Å². The first-order valence-corrected chi connectivity index (χ1v) is 6.26. The van der Waals surface area contributed by atoms with E-state index in [0.717, 1.165) is 0 Å². The summed E-state index contributed by atoms with van der Waals surface area (Å²) in [6.45, 7) is 1.46. The Morgan fingerprint density at radius 2 is 2.42 bits per heavy atom. The van der Waals surface area contributed by atoms with Crippen molar-refractivity contribution in [3.05, 3.63) is 42.1 Å². The van der Waals surface area contributed by atoms with Crippen molar-refractivity contribution >= 4 is 5.91 Å². The fourth-order valence-corrected chi connectivity index (χ4v) is 2.21. The van der Waals surface area contributed by atoms with E-state index in [-0.39, 0.29) is 5.91 Å². The van der Waals surface area contributed by atoms with Gasteiger partial charge in [0.15, 0.2) is 5.76 Å². The standard InChI is InChI=1S/C13H15N3O3/c17-10-4-7-15(8-10)13(18)12-3-2-11(19-12)9-16-6-1-5-14-16/h1-3,5-6,10,17H,4,7-9H2/t10-/m1/s1. The summed E-state index contributed by atoms with van der Waals surface area (Å²) in [5, 5.41) is 13.5. The van der Waals surface area contributed by atoms with Crippen molar-refractivity contribution in [1.82, 2.24) is 14.7 Å². The Bertz CT molecular complexity index is 561. The van der Waals surface area contributed by atoms with Gasteiger partial charge in [-0.15, -0.1) is 0 Å². The molecule has 0 aliphatic carbocycles. The molecule has 1 saturated heterocycles. The van der Waals surface area contributed by atoms with Crippen LogP contribution in [-0.4, -0.2) is 44.9 Å². The van der Waals surface area contributed by atoms with Gasteiger partial charge in [0.25, 0.3) is 5.91 Å². The average Bonchev–Trinajstić information content (AvgIpc) is 3.10. The number of furan rings is 1. The van der Waals surface area contributed by atoms with Crippen LogP contribution in [0.1, 0.15) is 22.7 Å². The molecule has 0 bridgehead atoms. The first-order chi connectivity index (χ1) is 9.22. The van der Waals surface area contributed by atoms with Crippen LogP contribution in [0.5, 0.6) is 0 Å². The molecular weight excluding hydrogens is 246 g/mol. The molecule has 0 spiro atoms. The van der Waals surface area contributed by atoms with Gasteiger partial charge in [-0.3, -0.25) is 9.48 Å². The molecule has 0 aromatic carbocycles. The molecule has 0 unspecified atom stereocenters. The van der Waals surface area contributed by atoms with E-state index in [1.165, 1.54) is 0 Å². The zero-order valence-corrected chi connectivity index (χ0v) is 10.4. The number of amides is 1. The Morgan fingerprint density at radius 1 is 1.53 bits per heavy atom. The second-order valence-corrected chi connectivity index (χ2v) is 4.66. The Balaban J connectivity index is 1.69. The van der Waals surface area contributed by atoms with Gasteiger partial charge in [-0.05, 0) is 24.6 Å². The van der Waals surface area contributed by atoms with Gasteiger partial charge in [-0.2, -0.15) is 5.10 Å². The fraction of sp³-hybridized carbons (Fsp3) is 0.385. The van der Waals surface area contributed by atoms with Crippen LogP contribution < -0.4 is 0 Å². The van der Waals surface area contributed by atoms with Crippen molar-refractivity contribution in [1.29, 1.82) is 0 Å². The second kappa shape index (κ2) is 4.89. The van der Waals surface area contributed by atoms with Crippen LogP contribution in [0.2, 0.25) is 0 Å². The quantitative estimate of drug-likeness (QED) is 0.884. The van der Waals surface area contributed by atoms with Crippen molar-refractivity contribution in [3.63, 3.8) is 0 Å². The number of nitrogens with zero attached hydrogens (tertiary/aromatic N) is 3. The molecule has 19 heavy (non-hydrogen) atoms. The Morgan fingerprint density at radius 3 is 3.11 bits per heavy atom. The highest BCUT2D eigenvalue weighted by molar-refractivity contribution is 5.91. The van der Waals surface area contributed by atoms with Crippen LogP contribution in [-0.2, 0) is 6.54 Å². The van der Waals surface area contributed by atoms with Crippen LogP contribution in [0.4, 0.5) is 0 Å². The van der Waals surface area contributed by atoms with Crippen molar-refractivity contribution in [2.45, 2.75) is 19.1 Å². The van der Waals surface area contributed by atoms with Gasteiger partial charge in [0.1, 0.15) is 5.76 Å². The predicted octanol–water partition coefficient (Wildman–Crippen LogP) is 0.731. The van der Waals surface area contributed by atoms with E-state index < -0.39 is 6.10 Å². The summed E-state index contributed by atoms with van der Waals surface area (Å²) in [7, 11) is 0. The topological polar surface area (TPSA) is 71.5 Å². The van der Waals surface area contributed by atoms with Crippen molar-refractivity contribution in [3.8, 4) is 0 Å². The highest BCUT2D eigenvalue weighted by Crippen LogP contribution is 2.16. The molecule has 1 aliphatic rings. The first kappa shape index (κ1) is 12.0. The van der Waals surface area contributed by atoms with Gasteiger partial charge in [0.2, 0.25) is 0 Å². The summed E-state index contributed by atoms with van der Waals surface area (Å²) in [5.74, 6) is 0.839. The third kappa shape index (κ3) is 2.53. The number of aliphatic hydroxyl groups excluding tert-OH is 1. The lowest BCUT2D eigenvalue weighted by Gasteiger charge is -2.13. The third-order valence-electron chi connectivity index (χ3n) is 3.20. The number of aliphatic hydroxyl groups is 1. The predicted molar refractivity (Wildman–Crippen MR) is 66.6 cm³/mol. The van der Waals surface area contributed by atoms with Gasteiger partial charge in [0.05, 0.1) is 12.6 Å². The lowest BCUT2D eigenvalue weighted by molar-refractivity contribution is 0.0731. The first-order valence-electron chi connectivity index (χ1n) is 6.26. The minimum Gasteiger partial charge on any atom is -0.454 e. The summed E-state index contributed by atoms with van der Waals surface area (Å²) in [6, 6.07) is 5.29. The minimum absolute atomic E-state index is 0.164. The molecule has 100 valence electrons. The summed E-state index contributed by atoms with van der Waals surface area (Å²) >= 11 is 0. The van der Waals surface area contributed by atoms with E-state index in [4.69, 9.17) is 4.42 Å². The molecule has 2 aromatic heterocycles. The molecular formula is C13H15N3O3. The molecule has 1 fully saturated rings. The van der Waals surface area contributed by atoms with Gasteiger partial charge in [-0.25, -0.2) is 0 Å². The molecule has 1 amide bonds. The minimum atomic E-state index is -0.414. The molecule has 3 heterocycles. The van der Waals surface area contributed by atoms with Crippen LogP contribution >= 0.6 is 0 Å². The van der Waals surface area contributed by atoms with Gasteiger partial charge in [-0.1, -0.05) is 0 Å². The van der Waals surface area contributed by atoms with Crippen LogP contribution in [0.3, 0.4) is 0 Å². The normalized spacial score (nSPS) is 19.0. The smallest absolute Gasteiger partial charge is 0.289 e. The molecule has 2 aromatic rings. The lowest BCUT2D eigenvalue weighted by atomic mass is 10.3. The lowest BCUT2D eigenvalue weighted by Crippen LogP contribution is -2.29. The summed E-state index contributed by atoms with van der Waals surface area (Å²) < 4.78 is 7.26. The van der Waals surface area contributed by atoms with Crippen LogP contribution in [0, 0.1) is 0 Å². The van der Waals surface area contributed by atoms with Gasteiger partial charge < -0.3 is 14.4 Å². The van der Waals surface area contributed by atoms with Crippen molar-refractivity contribution in [2.75, 3.05) is 13.1 Å². The van der Waals surface area contributed by atoms with E-state index in [0.29, 0.717) is 37.6 Å². The van der Waals surface area contributed by atoms with Crippen molar-refractivity contribution < 1.29 is 14.3 Å². The van der Waals surface area contributed by atoms with Gasteiger partial charge in [0, 0.05) is 25.5 Å². The van der Waals surface area contributed by atoms with Crippen LogP contribution in [0.15, 0.2) is 35.0 Å². The van der Waals surface area contributed by atoms with E-state index in [1.807, 2.05) is 12.3 Å². The summed E-state index contributed by atoms with van der Waals surface area (Å²) in [6.07, 6.45) is 3.75. The fourth-order valence-electron chi connectivity index (χ4n) is 2.21. The molecule has 1 atom stereocenters. The molecule has 1 aliphatic heterocycles. The van der Waals surface area contributed by atoms with Gasteiger partial charge >= 0.3 is 0 Å². The monoisotopic (exact) mass is 261 g/mol. The highest BCUT2D eigenvalue weighted by atomic mass is 16.4. The van der Waals surface area contributed by atoms with E-state index >= 15 is 0 Å². The zero-order valence-electron chi connectivity index (χ0n) is 10.4. The maximum Gasteiger partial charge on any atom is 0.289 e. The molecule has 0 radical (unpaired) electrons. The van der Waals surface area contributed by atoms with E-state index in [1.54, 1.807) is 27.9 Å². The maximum absolute atomic E-state index is 12.1. The average molecular weight is 261 g/mol. The number of hydrogen-bond donors (Lipinski definition) is 1. The molecule has 3 rings (SSSR count). The number of β-amino-alcohol motifs (C(OH)–C–C–N with tert-alkyl or cyclic N) is 1. The summed E-state index contributed by atoms with van der Waals surface area (Å²) in [5.41, 5.74) is 0. The molecule has 6 nitrogen and oxygen atoms in total. The number of hydrogen-bond acceptors (Lipinski definition) is 4. The van der Waals surface area contributed by atoms with E-state index in [9.17, 15) is 9.90 Å². The Hall–Kier alpha value is -2.08. The SMILES string of the molecule is O=C(c1ccc(Cn2cccn2)o1)N1CC[C@@H](O)C1. The highest BCUT2D eigenvalue weighted by Gasteiger charge is 2.27. The third-order valence-corrected chi connectivity index (χ3v) is 3.20. The van der Waals surface area contributed by atoms with Crippen LogP contribution in [0.25, 0.3) is 0 Å². The number of carbonyl (C=O) groups is 1. The Labute approximate surface area is 110 Å². The second-order valence-electron chi connectivity index (χ2n) is 4.66. The molecule has 6 heteroatoms. The number of likely N-dealkylation sites (tertiary alicyclic amines) is 1. The number of aromatic nitrogens is 2. The summed E-state index contributed by atoms with van der Waals surface area (Å²) in [4.78, 5) is 13.7. The largest absolute Gasteiger partial charge is 0.454 e. The zero-order chi connectivity index (χ0) is 13.2. The Kier molecular flexibility index (Phi) is 3.08. The van der Waals surface area contributed by atoms with Crippen molar-refractivity contribution in [2.24, 2.45) is 0 Å².